The number of rotatable bonds is 3. The minimum absolute atomic E-state index is 0.0388. The lowest BCUT2D eigenvalue weighted by atomic mass is 9.94. The molecule has 1 aromatic heterocycles. The number of pyridine rings is 1. The van der Waals surface area contributed by atoms with E-state index in [-0.39, 0.29) is 11.4 Å². The van der Waals surface area contributed by atoms with Crippen molar-refractivity contribution in [2.45, 2.75) is 37.6 Å². The van der Waals surface area contributed by atoms with Crippen molar-refractivity contribution < 1.29 is 4.79 Å². The molecule has 2 rings (SSSR count). The van der Waals surface area contributed by atoms with Gasteiger partial charge in [-0.05, 0) is 25.0 Å². The van der Waals surface area contributed by atoms with Crippen LogP contribution in [0.2, 0.25) is 0 Å². The van der Waals surface area contributed by atoms with Crippen LogP contribution in [0.4, 0.5) is 5.82 Å². The van der Waals surface area contributed by atoms with Gasteiger partial charge in [0.05, 0.1) is 0 Å². The number of hydrogen-bond acceptors (Lipinski definition) is 3. The van der Waals surface area contributed by atoms with Crippen LogP contribution in [0.5, 0.6) is 0 Å². The third-order valence-corrected chi connectivity index (χ3v) is 3.04. The van der Waals surface area contributed by atoms with Crippen LogP contribution in [0, 0.1) is 0 Å². The van der Waals surface area contributed by atoms with E-state index in [4.69, 9.17) is 5.73 Å². The van der Waals surface area contributed by atoms with Crippen LogP contribution in [0.25, 0.3) is 0 Å². The lowest BCUT2D eigenvalue weighted by Crippen LogP contribution is -2.40. The van der Waals surface area contributed by atoms with Crippen molar-refractivity contribution in [3.05, 3.63) is 24.4 Å². The second-order valence-corrected chi connectivity index (χ2v) is 4.51. The number of anilines is 1. The first-order valence-corrected chi connectivity index (χ1v) is 5.68. The van der Waals surface area contributed by atoms with Crippen LogP contribution in [-0.4, -0.2) is 16.4 Å². The quantitative estimate of drug-likeness (QED) is 0.812. The zero-order valence-corrected chi connectivity index (χ0v) is 9.28. The van der Waals surface area contributed by atoms with Gasteiger partial charge in [-0.1, -0.05) is 18.9 Å². The molecule has 0 radical (unpaired) electrons. The molecule has 0 unspecified atom stereocenters. The molecule has 1 fully saturated rings. The maximum atomic E-state index is 11.7. The molecule has 4 heteroatoms. The molecule has 86 valence electrons. The van der Waals surface area contributed by atoms with Gasteiger partial charge in [0.2, 0.25) is 5.91 Å². The van der Waals surface area contributed by atoms with Crippen LogP contribution < -0.4 is 11.1 Å². The molecule has 1 amide bonds. The molecule has 1 saturated carbocycles. The molecular weight excluding hydrogens is 202 g/mol. The number of carbonyl (C=O) groups excluding carboxylic acids is 1. The smallest absolute Gasteiger partial charge is 0.227 e. The summed E-state index contributed by atoms with van der Waals surface area (Å²) in [5, 5.41) is 2.76. The van der Waals surface area contributed by atoms with Gasteiger partial charge < -0.3 is 11.1 Å². The van der Waals surface area contributed by atoms with Crippen molar-refractivity contribution in [3.8, 4) is 0 Å². The Labute approximate surface area is 95.3 Å². The molecule has 0 spiro atoms. The second-order valence-electron chi connectivity index (χ2n) is 4.51. The van der Waals surface area contributed by atoms with Gasteiger partial charge in [0.25, 0.3) is 0 Å². The Morgan fingerprint density at radius 2 is 2.19 bits per heavy atom. The summed E-state index contributed by atoms with van der Waals surface area (Å²) in [7, 11) is 0. The van der Waals surface area contributed by atoms with E-state index in [0.717, 1.165) is 25.7 Å². The van der Waals surface area contributed by atoms with E-state index >= 15 is 0 Å². The van der Waals surface area contributed by atoms with E-state index in [9.17, 15) is 4.79 Å². The standard InChI is InChI=1S/C12H17N3O/c13-12(6-2-3-7-12)9-11(16)15-10-5-1-4-8-14-10/h1,4-5,8H,2-3,6-7,9,13H2,(H,14,15,16). The Hall–Kier alpha value is -1.42. The average molecular weight is 219 g/mol. The van der Waals surface area contributed by atoms with Crippen molar-refractivity contribution in [3.63, 3.8) is 0 Å². The maximum Gasteiger partial charge on any atom is 0.227 e. The van der Waals surface area contributed by atoms with E-state index in [1.165, 1.54) is 0 Å². The van der Waals surface area contributed by atoms with Crippen LogP contribution >= 0.6 is 0 Å². The van der Waals surface area contributed by atoms with Crippen molar-refractivity contribution in [1.29, 1.82) is 0 Å². The van der Waals surface area contributed by atoms with Gasteiger partial charge in [-0.15, -0.1) is 0 Å². The van der Waals surface area contributed by atoms with Gasteiger partial charge in [0.15, 0.2) is 0 Å². The van der Waals surface area contributed by atoms with Crippen LogP contribution in [0.1, 0.15) is 32.1 Å². The summed E-state index contributed by atoms with van der Waals surface area (Å²) >= 11 is 0. The minimum atomic E-state index is -0.293. The molecule has 1 heterocycles. The van der Waals surface area contributed by atoms with Gasteiger partial charge in [-0.25, -0.2) is 4.98 Å². The summed E-state index contributed by atoms with van der Waals surface area (Å²) in [6.07, 6.45) is 6.21. The Kier molecular flexibility index (Phi) is 3.19. The predicted octanol–water partition coefficient (Wildman–Crippen LogP) is 1.68. The van der Waals surface area contributed by atoms with E-state index < -0.39 is 0 Å². The van der Waals surface area contributed by atoms with Crippen molar-refractivity contribution in [2.75, 3.05) is 5.32 Å². The van der Waals surface area contributed by atoms with E-state index in [1.807, 2.05) is 12.1 Å². The fourth-order valence-electron chi connectivity index (χ4n) is 2.20. The molecule has 0 atom stereocenters. The number of hydrogen-bond donors (Lipinski definition) is 2. The number of nitrogens with one attached hydrogen (secondary N) is 1. The third kappa shape index (κ3) is 2.79. The lowest BCUT2D eigenvalue weighted by molar-refractivity contribution is -0.117. The first-order valence-electron chi connectivity index (χ1n) is 5.68. The zero-order chi connectivity index (χ0) is 11.4. The topological polar surface area (TPSA) is 68.0 Å². The van der Waals surface area contributed by atoms with Crippen molar-refractivity contribution in [1.82, 2.24) is 4.98 Å². The van der Waals surface area contributed by atoms with Crippen LogP contribution in [0.3, 0.4) is 0 Å². The number of amides is 1. The molecule has 1 aliphatic carbocycles. The van der Waals surface area contributed by atoms with Gasteiger partial charge in [0, 0.05) is 18.2 Å². The normalized spacial score (nSPS) is 18.3. The summed E-state index contributed by atoms with van der Waals surface area (Å²) in [6, 6.07) is 5.43. The number of nitrogens with two attached hydrogens (primary N) is 1. The number of carbonyl (C=O) groups is 1. The molecule has 0 saturated heterocycles. The Bertz CT molecular complexity index is 358. The molecule has 4 nitrogen and oxygen atoms in total. The highest BCUT2D eigenvalue weighted by Gasteiger charge is 2.31. The molecule has 0 aromatic carbocycles. The van der Waals surface area contributed by atoms with Gasteiger partial charge in [0.1, 0.15) is 5.82 Å². The highest BCUT2D eigenvalue weighted by Crippen LogP contribution is 2.30. The molecule has 3 N–H and O–H groups in total. The summed E-state index contributed by atoms with van der Waals surface area (Å²) in [5.41, 5.74) is 5.84. The van der Waals surface area contributed by atoms with Crippen molar-refractivity contribution >= 4 is 11.7 Å². The van der Waals surface area contributed by atoms with Gasteiger partial charge in [-0.3, -0.25) is 4.79 Å². The summed E-state index contributed by atoms with van der Waals surface area (Å²) in [6.45, 7) is 0. The first kappa shape index (κ1) is 11.1. The number of aromatic nitrogens is 1. The van der Waals surface area contributed by atoms with E-state index in [0.29, 0.717) is 12.2 Å². The molecule has 1 aliphatic rings. The third-order valence-electron chi connectivity index (χ3n) is 3.04. The largest absolute Gasteiger partial charge is 0.325 e. The van der Waals surface area contributed by atoms with Crippen LogP contribution in [-0.2, 0) is 4.79 Å². The van der Waals surface area contributed by atoms with E-state index in [2.05, 4.69) is 10.3 Å². The highest BCUT2D eigenvalue weighted by molar-refractivity contribution is 5.90. The highest BCUT2D eigenvalue weighted by atomic mass is 16.1. The van der Waals surface area contributed by atoms with Gasteiger partial charge in [-0.2, -0.15) is 0 Å². The average Bonchev–Trinajstić information content (AvgIpc) is 2.66. The zero-order valence-electron chi connectivity index (χ0n) is 9.28. The Morgan fingerprint density at radius 1 is 1.44 bits per heavy atom. The SMILES string of the molecule is NC1(CC(=O)Nc2ccccn2)CCCC1. The van der Waals surface area contributed by atoms with Gasteiger partial charge >= 0.3 is 0 Å². The Balaban J connectivity index is 1.89. The molecule has 0 aliphatic heterocycles. The summed E-state index contributed by atoms with van der Waals surface area (Å²) < 4.78 is 0. The predicted molar refractivity (Wildman–Crippen MR) is 62.9 cm³/mol. The molecule has 0 bridgehead atoms. The second kappa shape index (κ2) is 4.61. The first-order chi connectivity index (χ1) is 7.68. The monoisotopic (exact) mass is 219 g/mol. The summed E-state index contributed by atoms with van der Waals surface area (Å²) in [4.78, 5) is 15.8. The van der Waals surface area contributed by atoms with E-state index in [1.54, 1.807) is 12.3 Å². The molecule has 1 aromatic rings. The lowest BCUT2D eigenvalue weighted by Gasteiger charge is -2.22. The summed E-state index contributed by atoms with van der Waals surface area (Å²) in [5.74, 6) is 0.553. The van der Waals surface area contributed by atoms with Crippen LogP contribution in [0.15, 0.2) is 24.4 Å². The fourth-order valence-corrected chi connectivity index (χ4v) is 2.20. The molecule has 16 heavy (non-hydrogen) atoms. The fraction of sp³-hybridized carbons (Fsp3) is 0.500. The minimum Gasteiger partial charge on any atom is -0.325 e. The van der Waals surface area contributed by atoms with Crippen molar-refractivity contribution in [2.24, 2.45) is 5.73 Å². The molecular formula is C12H17N3O. The Morgan fingerprint density at radius 3 is 2.81 bits per heavy atom. The number of nitrogens with zero attached hydrogens (tertiary/aromatic N) is 1. The maximum absolute atomic E-state index is 11.7.